The van der Waals surface area contributed by atoms with Gasteiger partial charge in [-0.15, -0.1) is 0 Å². The fraction of sp³-hybridized carbons (Fsp3) is 1.00. The maximum absolute atomic E-state index is 11.5. The molecule has 0 saturated carbocycles. The van der Waals surface area contributed by atoms with E-state index in [-0.39, 0.29) is 6.10 Å². The Kier molecular flexibility index (Phi) is 9.29. The molecule has 0 bridgehead atoms. The van der Waals surface area contributed by atoms with Crippen LogP contribution in [0.1, 0.15) is 65.7 Å². The Bertz CT molecular complexity index is 204. The summed E-state index contributed by atoms with van der Waals surface area (Å²) >= 11 is 0. The Labute approximate surface area is 100 Å². The van der Waals surface area contributed by atoms with Gasteiger partial charge in [-0.25, -0.2) is 0 Å². The molecule has 0 fully saturated rings. The smallest absolute Gasteiger partial charge is 0.324 e. The van der Waals surface area contributed by atoms with Crippen LogP contribution in [0.4, 0.5) is 0 Å². The Morgan fingerprint density at radius 3 is 2.06 bits per heavy atom. The second kappa shape index (κ2) is 9.21. The van der Waals surface area contributed by atoms with Gasteiger partial charge in [-0.3, -0.25) is 4.57 Å². The molecule has 3 nitrogen and oxygen atoms in total. The Hall–Kier alpha value is 0.150. The van der Waals surface area contributed by atoms with Crippen LogP contribution in [-0.2, 0) is 9.09 Å². The number of unbranched alkanes of at least 4 members (excludes halogenated alkanes) is 6. The lowest BCUT2D eigenvalue weighted by Gasteiger charge is -2.14. The summed E-state index contributed by atoms with van der Waals surface area (Å²) in [5.74, 6) is 0. The van der Waals surface area contributed by atoms with Crippen LogP contribution >= 0.6 is 7.60 Å². The average Bonchev–Trinajstić information content (AvgIpc) is 2.14. The molecule has 0 saturated heterocycles. The highest BCUT2D eigenvalue weighted by Gasteiger charge is 2.19. The molecule has 0 aliphatic carbocycles. The molecule has 0 aliphatic heterocycles. The second-order valence-electron chi connectivity index (χ2n) is 4.64. The second-order valence-corrected chi connectivity index (χ2v) is 6.57. The van der Waals surface area contributed by atoms with Crippen molar-refractivity contribution in [3.63, 3.8) is 0 Å². The van der Waals surface area contributed by atoms with Gasteiger partial charge in [-0.1, -0.05) is 45.4 Å². The zero-order valence-electron chi connectivity index (χ0n) is 10.9. The van der Waals surface area contributed by atoms with E-state index in [4.69, 9.17) is 4.52 Å². The summed E-state index contributed by atoms with van der Waals surface area (Å²) in [6.45, 7) is 5.77. The third-order valence-corrected chi connectivity index (χ3v) is 4.05. The molecule has 0 aromatic rings. The van der Waals surface area contributed by atoms with Crippen molar-refractivity contribution < 1.29 is 14.0 Å². The van der Waals surface area contributed by atoms with Crippen molar-refractivity contribution in [2.75, 3.05) is 6.16 Å². The van der Waals surface area contributed by atoms with Gasteiger partial charge in [0.1, 0.15) is 0 Å². The van der Waals surface area contributed by atoms with E-state index in [1.807, 2.05) is 0 Å². The van der Waals surface area contributed by atoms with Crippen LogP contribution in [0.3, 0.4) is 0 Å². The lowest BCUT2D eigenvalue weighted by Crippen LogP contribution is -2.02. The van der Waals surface area contributed by atoms with E-state index in [9.17, 15) is 9.46 Å². The highest BCUT2D eigenvalue weighted by atomic mass is 31.2. The maximum atomic E-state index is 11.5. The molecular weight excluding hydrogens is 223 g/mol. The molecule has 1 N–H and O–H groups in total. The summed E-state index contributed by atoms with van der Waals surface area (Å²) in [6.07, 6.45) is 8.23. The predicted molar refractivity (Wildman–Crippen MR) is 68.9 cm³/mol. The van der Waals surface area contributed by atoms with Gasteiger partial charge >= 0.3 is 7.60 Å². The SMILES string of the molecule is CCCCCCCCCP(=O)(O)OC(C)C. The van der Waals surface area contributed by atoms with Gasteiger partial charge in [0.25, 0.3) is 0 Å². The normalized spacial score (nSPS) is 15.3. The van der Waals surface area contributed by atoms with Crippen molar-refractivity contribution in [1.82, 2.24) is 0 Å². The van der Waals surface area contributed by atoms with Gasteiger partial charge in [0.2, 0.25) is 0 Å². The van der Waals surface area contributed by atoms with E-state index < -0.39 is 7.60 Å². The van der Waals surface area contributed by atoms with Crippen molar-refractivity contribution >= 4 is 7.60 Å². The van der Waals surface area contributed by atoms with Gasteiger partial charge in [0.05, 0.1) is 6.10 Å². The van der Waals surface area contributed by atoms with Crippen LogP contribution < -0.4 is 0 Å². The summed E-state index contributed by atoms with van der Waals surface area (Å²) in [5, 5.41) is 0. The van der Waals surface area contributed by atoms with Gasteiger partial charge < -0.3 is 9.42 Å². The van der Waals surface area contributed by atoms with Crippen LogP contribution in [0, 0.1) is 0 Å². The minimum absolute atomic E-state index is 0.166. The van der Waals surface area contributed by atoms with Crippen molar-refractivity contribution in [3.8, 4) is 0 Å². The monoisotopic (exact) mass is 250 g/mol. The lowest BCUT2D eigenvalue weighted by atomic mass is 10.1. The van der Waals surface area contributed by atoms with Crippen LogP contribution in [0.5, 0.6) is 0 Å². The van der Waals surface area contributed by atoms with Gasteiger partial charge in [-0.05, 0) is 20.3 Å². The third-order valence-electron chi connectivity index (χ3n) is 2.42. The molecule has 0 rings (SSSR count). The minimum atomic E-state index is -3.31. The first-order chi connectivity index (χ1) is 7.48. The van der Waals surface area contributed by atoms with E-state index in [1.165, 1.54) is 32.1 Å². The molecule has 0 aromatic heterocycles. The maximum Gasteiger partial charge on any atom is 0.328 e. The van der Waals surface area contributed by atoms with Crippen molar-refractivity contribution in [2.45, 2.75) is 71.8 Å². The predicted octanol–water partition coefficient (Wildman–Crippen LogP) is 4.35. The number of hydrogen-bond donors (Lipinski definition) is 1. The van der Waals surface area contributed by atoms with Crippen LogP contribution in [0.2, 0.25) is 0 Å². The van der Waals surface area contributed by atoms with Gasteiger partial charge in [-0.2, -0.15) is 0 Å². The molecule has 4 heteroatoms. The summed E-state index contributed by atoms with van der Waals surface area (Å²) in [4.78, 5) is 9.46. The van der Waals surface area contributed by atoms with E-state index in [0.717, 1.165) is 12.8 Å². The Balaban J connectivity index is 3.40. The van der Waals surface area contributed by atoms with E-state index in [1.54, 1.807) is 13.8 Å². The van der Waals surface area contributed by atoms with E-state index >= 15 is 0 Å². The Morgan fingerprint density at radius 1 is 1.06 bits per heavy atom. The topological polar surface area (TPSA) is 46.5 Å². The molecule has 0 amide bonds. The Morgan fingerprint density at radius 2 is 1.56 bits per heavy atom. The van der Waals surface area contributed by atoms with Crippen LogP contribution in [0.15, 0.2) is 0 Å². The molecule has 0 aromatic carbocycles. The molecule has 0 heterocycles. The molecular formula is C12H27O3P. The van der Waals surface area contributed by atoms with Gasteiger partial charge in [0.15, 0.2) is 0 Å². The summed E-state index contributed by atoms with van der Waals surface area (Å²) in [7, 11) is -3.31. The minimum Gasteiger partial charge on any atom is -0.324 e. The van der Waals surface area contributed by atoms with E-state index in [0.29, 0.717) is 6.16 Å². The fourth-order valence-electron chi connectivity index (χ4n) is 1.65. The first-order valence-electron chi connectivity index (χ1n) is 6.48. The van der Waals surface area contributed by atoms with Crippen molar-refractivity contribution in [2.24, 2.45) is 0 Å². The van der Waals surface area contributed by atoms with Crippen LogP contribution in [0.25, 0.3) is 0 Å². The fourth-order valence-corrected chi connectivity index (χ4v) is 3.04. The van der Waals surface area contributed by atoms with Crippen LogP contribution in [-0.4, -0.2) is 17.2 Å². The summed E-state index contributed by atoms with van der Waals surface area (Å²) in [6, 6.07) is 0. The number of hydrogen-bond acceptors (Lipinski definition) is 2. The summed E-state index contributed by atoms with van der Waals surface area (Å²) < 4.78 is 16.5. The average molecular weight is 250 g/mol. The largest absolute Gasteiger partial charge is 0.328 e. The summed E-state index contributed by atoms with van der Waals surface area (Å²) in [5.41, 5.74) is 0. The molecule has 98 valence electrons. The molecule has 0 aliphatic rings. The van der Waals surface area contributed by atoms with Crippen molar-refractivity contribution in [1.29, 1.82) is 0 Å². The molecule has 1 atom stereocenters. The zero-order valence-corrected chi connectivity index (χ0v) is 11.8. The molecule has 16 heavy (non-hydrogen) atoms. The molecule has 0 spiro atoms. The molecule has 0 radical (unpaired) electrons. The number of rotatable bonds is 10. The van der Waals surface area contributed by atoms with Crippen molar-refractivity contribution in [3.05, 3.63) is 0 Å². The van der Waals surface area contributed by atoms with Gasteiger partial charge in [0, 0.05) is 6.16 Å². The van der Waals surface area contributed by atoms with E-state index in [2.05, 4.69) is 6.92 Å². The first-order valence-corrected chi connectivity index (χ1v) is 8.24. The standard InChI is InChI=1S/C12H27O3P/c1-4-5-6-7-8-9-10-11-16(13,14)15-12(2)3/h12H,4-11H2,1-3H3,(H,13,14). The quantitative estimate of drug-likeness (QED) is 0.463. The molecule has 1 unspecified atom stereocenters. The third kappa shape index (κ3) is 10.7. The highest BCUT2D eigenvalue weighted by Crippen LogP contribution is 2.44. The lowest BCUT2D eigenvalue weighted by molar-refractivity contribution is 0.204. The highest BCUT2D eigenvalue weighted by molar-refractivity contribution is 7.52. The zero-order chi connectivity index (χ0) is 12.4. The first kappa shape index (κ1) is 16.1.